The Morgan fingerprint density at radius 3 is 2.28 bits per heavy atom. The van der Waals surface area contributed by atoms with Crippen molar-refractivity contribution in [1.82, 2.24) is 0 Å². The average Bonchev–Trinajstić information content (AvgIpc) is 2.41. The molecule has 2 rings (SSSR count). The van der Waals surface area contributed by atoms with Gasteiger partial charge in [0.1, 0.15) is 0 Å². The van der Waals surface area contributed by atoms with Crippen LogP contribution < -0.4 is 0 Å². The molecule has 0 aliphatic heterocycles. The highest BCUT2D eigenvalue weighted by atomic mass is 79.9. The predicted molar refractivity (Wildman–Crippen MR) is 73.0 cm³/mol. The smallest absolute Gasteiger partial charge is 0.159 e. The fourth-order valence-corrected chi connectivity index (χ4v) is 2.54. The monoisotopic (exact) mass is 310 g/mol. The van der Waals surface area contributed by atoms with Crippen LogP contribution in [0, 0.1) is 11.6 Å². The molecule has 0 nitrogen and oxygen atoms in total. The summed E-state index contributed by atoms with van der Waals surface area (Å²) in [5.74, 6) is -1.32. The van der Waals surface area contributed by atoms with Crippen molar-refractivity contribution in [2.75, 3.05) is 5.33 Å². The molecule has 0 heterocycles. The summed E-state index contributed by atoms with van der Waals surface area (Å²) in [6, 6.07) is 14.1. The van der Waals surface area contributed by atoms with Crippen LogP contribution in [-0.2, 0) is 6.42 Å². The summed E-state index contributed by atoms with van der Waals surface area (Å²) in [5.41, 5.74) is 2.00. The number of halogens is 3. The van der Waals surface area contributed by atoms with Crippen molar-refractivity contribution in [3.63, 3.8) is 0 Å². The molecule has 0 aliphatic rings. The summed E-state index contributed by atoms with van der Waals surface area (Å²) >= 11 is 3.48. The van der Waals surface area contributed by atoms with Crippen molar-refractivity contribution in [2.45, 2.75) is 12.3 Å². The summed E-state index contributed by atoms with van der Waals surface area (Å²) in [6.07, 6.45) is 0.687. The van der Waals surface area contributed by atoms with Gasteiger partial charge in [0.25, 0.3) is 0 Å². The van der Waals surface area contributed by atoms with Gasteiger partial charge in [-0.3, -0.25) is 0 Å². The van der Waals surface area contributed by atoms with E-state index in [1.54, 1.807) is 6.07 Å². The number of benzene rings is 2. The van der Waals surface area contributed by atoms with Crippen molar-refractivity contribution in [3.8, 4) is 0 Å². The molecule has 0 aliphatic carbocycles. The van der Waals surface area contributed by atoms with Crippen LogP contribution in [0.5, 0.6) is 0 Å². The molecule has 0 N–H and O–H groups in total. The fourth-order valence-electron chi connectivity index (χ4n) is 1.94. The number of hydrogen-bond donors (Lipinski definition) is 0. The van der Waals surface area contributed by atoms with E-state index in [-0.39, 0.29) is 5.92 Å². The molecule has 0 fully saturated rings. The highest BCUT2D eigenvalue weighted by Crippen LogP contribution is 2.23. The molecular weight excluding hydrogens is 298 g/mol. The van der Waals surface area contributed by atoms with E-state index in [0.717, 1.165) is 10.9 Å². The van der Waals surface area contributed by atoms with Crippen molar-refractivity contribution in [1.29, 1.82) is 0 Å². The van der Waals surface area contributed by atoms with Gasteiger partial charge in [-0.1, -0.05) is 52.3 Å². The third-order valence-electron chi connectivity index (χ3n) is 2.92. The quantitative estimate of drug-likeness (QED) is 0.719. The summed E-state index contributed by atoms with van der Waals surface area (Å²) in [5, 5.41) is 0.788. The van der Waals surface area contributed by atoms with Crippen LogP contribution in [0.4, 0.5) is 8.78 Å². The Labute approximate surface area is 114 Å². The van der Waals surface area contributed by atoms with E-state index in [0.29, 0.717) is 6.42 Å². The van der Waals surface area contributed by atoms with Crippen LogP contribution in [-0.4, -0.2) is 5.33 Å². The Kier molecular flexibility index (Phi) is 4.48. The first-order chi connectivity index (χ1) is 8.70. The van der Waals surface area contributed by atoms with Crippen LogP contribution in [0.3, 0.4) is 0 Å². The van der Waals surface area contributed by atoms with Crippen molar-refractivity contribution >= 4 is 15.9 Å². The first kappa shape index (κ1) is 13.2. The lowest BCUT2D eigenvalue weighted by Crippen LogP contribution is -2.05. The minimum Gasteiger partial charge on any atom is -0.204 e. The highest BCUT2D eigenvalue weighted by molar-refractivity contribution is 9.09. The molecule has 0 aromatic heterocycles. The zero-order chi connectivity index (χ0) is 13.0. The van der Waals surface area contributed by atoms with E-state index in [9.17, 15) is 8.78 Å². The molecule has 0 radical (unpaired) electrons. The molecule has 0 saturated heterocycles. The third-order valence-corrected chi connectivity index (χ3v) is 3.70. The Bertz CT molecular complexity index is 511. The largest absolute Gasteiger partial charge is 0.204 e. The predicted octanol–water partition coefficient (Wildman–Crippen LogP) is 4.69. The second-order valence-corrected chi connectivity index (χ2v) is 4.86. The molecule has 18 heavy (non-hydrogen) atoms. The molecule has 2 aromatic carbocycles. The number of alkyl halides is 1. The Hall–Kier alpha value is -1.22. The van der Waals surface area contributed by atoms with E-state index in [2.05, 4.69) is 15.9 Å². The van der Waals surface area contributed by atoms with Crippen LogP contribution in [0.1, 0.15) is 17.0 Å². The first-order valence-electron chi connectivity index (χ1n) is 5.75. The Morgan fingerprint density at radius 1 is 0.944 bits per heavy atom. The zero-order valence-corrected chi connectivity index (χ0v) is 11.3. The van der Waals surface area contributed by atoms with Gasteiger partial charge in [0.05, 0.1) is 0 Å². The van der Waals surface area contributed by atoms with Gasteiger partial charge < -0.3 is 0 Å². The van der Waals surface area contributed by atoms with Crippen LogP contribution in [0.2, 0.25) is 0 Å². The lowest BCUT2D eigenvalue weighted by Gasteiger charge is -2.14. The fraction of sp³-hybridized carbons (Fsp3) is 0.200. The van der Waals surface area contributed by atoms with Gasteiger partial charge in [0.2, 0.25) is 0 Å². The molecule has 0 saturated carbocycles. The Morgan fingerprint density at radius 2 is 1.67 bits per heavy atom. The SMILES string of the molecule is Fc1ccc(CC(CBr)c2ccccc2)cc1F. The van der Waals surface area contributed by atoms with E-state index >= 15 is 0 Å². The van der Waals surface area contributed by atoms with Gasteiger partial charge in [-0.15, -0.1) is 0 Å². The van der Waals surface area contributed by atoms with E-state index in [4.69, 9.17) is 0 Å². The van der Waals surface area contributed by atoms with Gasteiger partial charge >= 0.3 is 0 Å². The maximum absolute atomic E-state index is 13.1. The molecular formula is C15H13BrF2. The van der Waals surface area contributed by atoms with E-state index < -0.39 is 11.6 Å². The van der Waals surface area contributed by atoms with Gasteiger partial charge in [-0.05, 0) is 35.6 Å². The molecule has 0 bridgehead atoms. The van der Waals surface area contributed by atoms with Crippen LogP contribution >= 0.6 is 15.9 Å². The maximum atomic E-state index is 13.1. The van der Waals surface area contributed by atoms with E-state index in [1.165, 1.54) is 17.7 Å². The second-order valence-electron chi connectivity index (χ2n) is 4.21. The van der Waals surface area contributed by atoms with Crippen LogP contribution in [0.15, 0.2) is 48.5 Å². The average molecular weight is 311 g/mol. The molecule has 2 aromatic rings. The number of hydrogen-bond acceptors (Lipinski definition) is 0. The molecule has 94 valence electrons. The number of rotatable bonds is 4. The lowest BCUT2D eigenvalue weighted by molar-refractivity contribution is 0.506. The van der Waals surface area contributed by atoms with Crippen LogP contribution in [0.25, 0.3) is 0 Å². The minimum atomic E-state index is -0.797. The first-order valence-corrected chi connectivity index (χ1v) is 6.87. The third kappa shape index (κ3) is 3.16. The summed E-state index contributed by atoms with van der Waals surface area (Å²) in [6.45, 7) is 0. The van der Waals surface area contributed by atoms with E-state index in [1.807, 2.05) is 30.3 Å². The molecule has 0 spiro atoms. The second kappa shape index (κ2) is 6.10. The normalized spacial score (nSPS) is 12.4. The van der Waals surface area contributed by atoms with Crippen molar-refractivity contribution in [2.24, 2.45) is 0 Å². The standard InChI is InChI=1S/C15H13BrF2/c16-10-13(12-4-2-1-3-5-12)8-11-6-7-14(17)15(18)9-11/h1-7,9,13H,8,10H2. The van der Waals surface area contributed by atoms with Gasteiger partial charge in [0, 0.05) is 5.33 Å². The summed E-state index contributed by atoms with van der Waals surface area (Å²) in [7, 11) is 0. The van der Waals surface area contributed by atoms with Gasteiger partial charge in [-0.25, -0.2) is 8.78 Å². The highest BCUT2D eigenvalue weighted by Gasteiger charge is 2.12. The zero-order valence-electron chi connectivity index (χ0n) is 9.74. The molecule has 1 unspecified atom stereocenters. The minimum absolute atomic E-state index is 0.260. The summed E-state index contributed by atoms with van der Waals surface area (Å²) in [4.78, 5) is 0. The lowest BCUT2D eigenvalue weighted by atomic mass is 9.94. The van der Waals surface area contributed by atoms with Crippen molar-refractivity contribution < 1.29 is 8.78 Å². The molecule has 3 heteroatoms. The topological polar surface area (TPSA) is 0 Å². The molecule has 1 atom stereocenters. The Balaban J connectivity index is 2.18. The van der Waals surface area contributed by atoms with Crippen molar-refractivity contribution in [3.05, 3.63) is 71.3 Å². The maximum Gasteiger partial charge on any atom is 0.159 e. The van der Waals surface area contributed by atoms with Gasteiger partial charge in [0.15, 0.2) is 11.6 Å². The van der Waals surface area contributed by atoms with Gasteiger partial charge in [-0.2, -0.15) is 0 Å². The molecule has 0 amide bonds. The summed E-state index contributed by atoms with van der Waals surface area (Å²) < 4.78 is 26.0.